The average molecular weight is 426 g/mol. The predicted molar refractivity (Wildman–Crippen MR) is 124 cm³/mol. The number of ether oxygens (including phenoxy) is 1. The van der Waals surface area contributed by atoms with Gasteiger partial charge in [-0.1, -0.05) is 12.1 Å². The van der Waals surface area contributed by atoms with E-state index in [1.54, 1.807) is 19.6 Å². The minimum atomic E-state index is 0.725. The van der Waals surface area contributed by atoms with E-state index in [9.17, 15) is 0 Å². The molecule has 1 aliphatic rings. The van der Waals surface area contributed by atoms with Crippen molar-refractivity contribution in [3.05, 3.63) is 61.2 Å². The van der Waals surface area contributed by atoms with Gasteiger partial charge >= 0.3 is 0 Å². The second-order valence-corrected chi connectivity index (χ2v) is 7.78. The fourth-order valence-corrected chi connectivity index (χ4v) is 4.26. The number of methoxy groups -OCH3 is 1. The minimum Gasteiger partial charge on any atom is -0.495 e. The van der Waals surface area contributed by atoms with Gasteiger partial charge in [0.25, 0.3) is 0 Å². The summed E-state index contributed by atoms with van der Waals surface area (Å²) in [5, 5.41) is 8.14. The fraction of sp³-hybridized carbons (Fsp3) is 0.217. The molecule has 0 saturated carbocycles. The third kappa shape index (κ3) is 3.09. The first-order chi connectivity index (χ1) is 15.8. The lowest BCUT2D eigenvalue weighted by atomic mass is 10.2. The van der Waals surface area contributed by atoms with Crippen molar-refractivity contribution < 1.29 is 4.74 Å². The van der Waals surface area contributed by atoms with Crippen LogP contribution in [-0.4, -0.2) is 63.0 Å². The molecule has 1 aliphatic heterocycles. The van der Waals surface area contributed by atoms with Crippen molar-refractivity contribution in [2.75, 3.05) is 43.1 Å². The van der Waals surface area contributed by atoms with Crippen LogP contribution in [-0.2, 0) is 0 Å². The molecule has 5 aromatic rings. The quantitative estimate of drug-likeness (QED) is 0.473. The van der Waals surface area contributed by atoms with Gasteiger partial charge in [0.1, 0.15) is 17.6 Å². The van der Waals surface area contributed by atoms with Gasteiger partial charge in [0.05, 0.1) is 30.7 Å². The summed E-state index contributed by atoms with van der Waals surface area (Å²) < 4.78 is 7.53. The Labute approximate surface area is 184 Å². The minimum absolute atomic E-state index is 0.725. The van der Waals surface area contributed by atoms with Crippen LogP contribution in [0.2, 0.25) is 0 Å². The van der Waals surface area contributed by atoms with E-state index in [2.05, 4.69) is 42.1 Å². The lowest BCUT2D eigenvalue weighted by Gasteiger charge is -2.36. The molecule has 1 saturated heterocycles. The monoisotopic (exact) mass is 426 g/mol. The molecule has 0 unspecified atom stereocenters. The summed E-state index contributed by atoms with van der Waals surface area (Å²) in [6, 6.07) is 14.3. The Hall–Kier alpha value is -4.14. The van der Waals surface area contributed by atoms with Crippen molar-refractivity contribution in [3.8, 4) is 11.4 Å². The Morgan fingerprint density at radius 2 is 1.78 bits per heavy atom. The van der Waals surface area contributed by atoms with E-state index in [4.69, 9.17) is 9.72 Å². The molecule has 6 rings (SSSR count). The largest absolute Gasteiger partial charge is 0.495 e. The van der Waals surface area contributed by atoms with Gasteiger partial charge in [0, 0.05) is 37.3 Å². The Morgan fingerprint density at radius 1 is 0.938 bits per heavy atom. The van der Waals surface area contributed by atoms with E-state index in [0.29, 0.717) is 0 Å². The molecule has 0 bridgehead atoms. The zero-order chi connectivity index (χ0) is 21.5. The van der Waals surface area contributed by atoms with Crippen LogP contribution in [0.15, 0.2) is 61.2 Å². The van der Waals surface area contributed by atoms with Crippen molar-refractivity contribution in [2.45, 2.75) is 0 Å². The number of nitrogens with one attached hydrogen (secondary N) is 1. The molecule has 9 nitrogen and oxygen atoms in total. The molecule has 2 aromatic carbocycles. The summed E-state index contributed by atoms with van der Waals surface area (Å²) in [7, 11) is 1.71. The number of imidazole rings is 1. The lowest BCUT2D eigenvalue weighted by molar-refractivity contribution is 0.413. The fourth-order valence-electron chi connectivity index (χ4n) is 4.26. The van der Waals surface area contributed by atoms with E-state index >= 15 is 0 Å². The maximum Gasteiger partial charge on any atom is 0.227 e. The summed E-state index contributed by atoms with van der Waals surface area (Å²) in [6.07, 6.45) is 5.42. The molecule has 0 radical (unpaired) electrons. The number of para-hydroxylation sites is 2. The molecule has 1 fully saturated rings. The Balaban J connectivity index is 1.27. The molecule has 9 heteroatoms. The molecular weight excluding hydrogens is 404 g/mol. The molecule has 0 amide bonds. The second kappa shape index (κ2) is 7.52. The summed E-state index contributed by atoms with van der Waals surface area (Å²) in [4.78, 5) is 18.5. The van der Waals surface area contributed by atoms with E-state index in [0.717, 1.165) is 71.3 Å². The second-order valence-electron chi connectivity index (χ2n) is 7.78. The van der Waals surface area contributed by atoms with E-state index < -0.39 is 0 Å². The number of nitrogens with zero attached hydrogens (tertiary/aromatic N) is 7. The van der Waals surface area contributed by atoms with Gasteiger partial charge in [-0.15, -0.1) is 0 Å². The molecule has 3 aromatic heterocycles. The molecular formula is C23H22N8O. The van der Waals surface area contributed by atoms with Crippen molar-refractivity contribution in [2.24, 2.45) is 0 Å². The first-order valence-electron chi connectivity index (χ1n) is 10.6. The topological polar surface area (TPSA) is 88.0 Å². The Kier molecular flexibility index (Phi) is 4.38. The Morgan fingerprint density at radius 3 is 2.66 bits per heavy atom. The van der Waals surface area contributed by atoms with Gasteiger partial charge in [-0.2, -0.15) is 10.1 Å². The Bertz CT molecular complexity index is 1400. The predicted octanol–water partition coefficient (Wildman–Crippen LogP) is 3.03. The molecule has 0 aliphatic carbocycles. The summed E-state index contributed by atoms with van der Waals surface area (Å²) in [5.74, 6) is 1.63. The van der Waals surface area contributed by atoms with Crippen molar-refractivity contribution in [1.82, 2.24) is 29.7 Å². The zero-order valence-electron chi connectivity index (χ0n) is 17.6. The van der Waals surface area contributed by atoms with Gasteiger partial charge in [-0.05, 0) is 30.3 Å². The van der Waals surface area contributed by atoms with Crippen molar-refractivity contribution in [1.29, 1.82) is 0 Å². The lowest BCUT2D eigenvalue weighted by Crippen LogP contribution is -2.47. The van der Waals surface area contributed by atoms with Gasteiger partial charge < -0.3 is 14.5 Å². The SMILES string of the molecule is COc1ccccc1N1CCN(c2ncc3ncn(-c4ccc5[nH]ncc5c4)c3n2)CC1. The number of aromatic amines is 1. The molecule has 4 heterocycles. The number of rotatable bonds is 4. The van der Waals surface area contributed by atoms with E-state index in [-0.39, 0.29) is 0 Å². The molecule has 160 valence electrons. The third-order valence-corrected chi connectivity index (χ3v) is 5.97. The van der Waals surface area contributed by atoms with E-state index in [1.807, 2.05) is 41.1 Å². The smallest absolute Gasteiger partial charge is 0.227 e. The van der Waals surface area contributed by atoms with Crippen LogP contribution in [0.3, 0.4) is 0 Å². The van der Waals surface area contributed by atoms with Gasteiger partial charge in [0.15, 0.2) is 5.65 Å². The third-order valence-electron chi connectivity index (χ3n) is 5.97. The average Bonchev–Trinajstić information content (AvgIpc) is 3.50. The number of anilines is 2. The molecule has 32 heavy (non-hydrogen) atoms. The highest BCUT2D eigenvalue weighted by Crippen LogP contribution is 2.29. The van der Waals surface area contributed by atoms with Crippen molar-refractivity contribution >= 4 is 33.7 Å². The van der Waals surface area contributed by atoms with Crippen LogP contribution in [0.5, 0.6) is 5.75 Å². The number of H-pyrrole nitrogens is 1. The number of aromatic nitrogens is 6. The number of fused-ring (bicyclic) bond motifs is 2. The normalized spacial score (nSPS) is 14.4. The molecule has 0 atom stereocenters. The van der Waals surface area contributed by atoms with Crippen LogP contribution in [0.4, 0.5) is 11.6 Å². The summed E-state index contributed by atoms with van der Waals surface area (Å²) in [5.41, 5.74) is 4.69. The van der Waals surface area contributed by atoms with Crippen LogP contribution >= 0.6 is 0 Å². The summed E-state index contributed by atoms with van der Waals surface area (Å²) >= 11 is 0. The number of piperazine rings is 1. The maximum atomic E-state index is 5.53. The number of hydrogen-bond acceptors (Lipinski definition) is 7. The van der Waals surface area contributed by atoms with Gasteiger partial charge in [-0.3, -0.25) is 9.67 Å². The summed E-state index contributed by atoms with van der Waals surface area (Å²) in [6.45, 7) is 3.41. The highest BCUT2D eigenvalue weighted by molar-refractivity contribution is 5.81. The molecule has 0 spiro atoms. The van der Waals surface area contributed by atoms with E-state index in [1.165, 1.54) is 0 Å². The molecule has 1 N–H and O–H groups in total. The standard InChI is InChI=1S/C23H22N8O/c1-32-21-5-3-2-4-20(21)29-8-10-30(11-9-29)23-24-14-19-22(27-23)31(15-25-19)17-6-7-18-16(12-17)13-26-28-18/h2-7,12-15H,8-11H2,1H3,(H,26,28). The zero-order valence-corrected chi connectivity index (χ0v) is 17.6. The number of hydrogen-bond donors (Lipinski definition) is 1. The highest BCUT2D eigenvalue weighted by Gasteiger charge is 2.22. The number of benzene rings is 2. The van der Waals surface area contributed by atoms with Crippen molar-refractivity contribution in [3.63, 3.8) is 0 Å². The van der Waals surface area contributed by atoms with Gasteiger partial charge in [0.2, 0.25) is 5.95 Å². The van der Waals surface area contributed by atoms with Crippen LogP contribution in [0.1, 0.15) is 0 Å². The van der Waals surface area contributed by atoms with Crippen LogP contribution < -0.4 is 14.5 Å². The van der Waals surface area contributed by atoms with Gasteiger partial charge in [-0.25, -0.2) is 9.97 Å². The van der Waals surface area contributed by atoms with Crippen LogP contribution in [0, 0.1) is 0 Å². The maximum absolute atomic E-state index is 5.53. The highest BCUT2D eigenvalue weighted by atomic mass is 16.5. The van der Waals surface area contributed by atoms with Crippen LogP contribution in [0.25, 0.3) is 27.8 Å². The first kappa shape index (κ1) is 18.6. The first-order valence-corrected chi connectivity index (χ1v) is 10.6.